The predicted octanol–water partition coefficient (Wildman–Crippen LogP) is 5.90. The summed E-state index contributed by atoms with van der Waals surface area (Å²) >= 11 is 2.75. The quantitative estimate of drug-likeness (QED) is 0.358. The van der Waals surface area contributed by atoms with Crippen molar-refractivity contribution < 1.29 is 9.18 Å². The molecule has 8 heteroatoms. The maximum Gasteiger partial charge on any atom is 0.266 e. The van der Waals surface area contributed by atoms with Crippen molar-refractivity contribution in [1.29, 1.82) is 0 Å². The van der Waals surface area contributed by atoms with Crippen LogP contribution in [0, 0.1) is 33.5 Å². The monoisotopic (exact) mass is 467 g/mol. The smallest absolute Gasteiger partial charge is 0.266 e. The van der Waals surface area contributed by atoms with E-state index in [4.69, 9.17) is 0 Å². The highest BCUT2D eigenvalue weighted by Crippen LogP contribution is 2.30. The van der Waals surface area contributed by atoms with Crippen molar-refractivity contribution in [2.45, 2.75) is 38.3 Å². The van der Waals surface area contributed by atoms with Gasteiger partial charge in [0, 0.05) is 4.90 Å². The number of hydrogen-bond acceptors (Lipinski definition) is 5. The third-order valence-electron chi connectivity index (χ3n) is 5.14. The van der Waals surface area contributed by atoms with Crippen molar-refractivity contribution in [3.05, 3.63) is 85.5 Å². The van der Waals surface area contributed by atoms with Crippen molar-refractivity contribution in [2.24, 2.45) is 0 Å². The number of nitrogens with one attached hydrogen (secondary N) is 2. The Labute approximate surface area is 193 Å². The number of rotatable bonds is 5. The minimum Gasteiger partial charge on any atom is -0.319 e. The average Bonchev–Trinajstić information content (AvgIpc) is 3.07. The van der Waals surface area contributed by atoms with Crippen LogP contribution in [-0.4, -0.2) is 15.9 Å². The second-order valence-corrected chi connectivity index (χ2v) is 9.76. The molecular formula is C24H22FN3O2S2. The summed E-state index contributed by atoms with van der Waals surface area (Å²) in [7, 11) is 0. The number of carbonyl (C=O) groups is 1. The van der Waals surface area contributed by atoms with Crippen LogP contribution in [0.2, 0.25) is 0 Å². The molecule has 0 saturated carbocycles. The number of anilines is 1. The first-order valence-corrected chi connectivity index (χ1v) is 11.8. The van der Waals surface area contributed by atoms with Crippen LogP contribution in [0.5, 0.6) is 0 Å². The van der Waals surface area contributed by atoms with Crippen molar-refractivity contribution >= 4 is 44.9 Å². The third kappa shape index (κ3) is 4.47. The Kier molecular flexibility index (Phi) is 6.17. The average molecular weight is 468 g/mol. The predicted molar refractivity (Wildman–Crippen MR) is 130 cm³/mol. The molecule has 0 bridgehead atoms. The highest BCUT2D eigenvalue weighted by atomic mass is 32.2. The molecule has 0 radical (unpaired) electrons. The highest BCUT2D eigenvalue weighted by molar-refractivity contribution is 7.98. The van der Waals surface area contributed by atoms with E-state index in [-0.39, 0.29) is 11.2 Å². The fraction of sp³-hybridized carbons (Fsp3) is 0.208. The van der Waals surface area contributed by atoms with E-state index in [9.17, 15) is 14.0 Å². The van der Waals surface area contributed by atoms with E-state index in [0.717, 1.165) is 21.8 Å². The van der Waals surface area contributed by atoms with Crippen LogP contribution in [-0.2, 0) is 5.75 Å². The number of aromatic amines is 1. The van der Waals surface area contributed by atoms with Crippen LogP contribution in [0.25, 0.3) is 10.2 Å². The second kappa shape index (κ2) is 8.88. The highest BCUT2D eigenvalue weighted by Gasteiger charge is 2.20. The summed E-state index contributed by atoms with van der Waals surface area (Å²) in [4.78, 5) is 35.0. The summed E-state index contributed by atoms with van der Waals surface area (Å²) in [6, 6.07) is 10.9. The summed E-state index contributed by atoms with van der Waals surface area (Å²) in [5.41, 5.74) is 3.46. The zero-order chi connectivity index (χ0) is 23.0. The van der Waals surface area contributed by atoms with Crippen molar-refractivity contribution in [1.82, 2.24) is 9.97 Å². The Morgan fingerprint density at radius 3 is 2.59 bits per heavy atom. The molecule has 4 rings (SSSR count). The molecule has 0 aliphatic carbocycles. The molecule has 0 saturated heterocycles. The molecule has 2 aromatic heterocycles. The number of carbonyl (C=O) groups excluding carboxylic acids is 1. The fourth-order valence-electron chi connectivity index (χ4n) is 3.38. The summed E-state index contributed by atoms with van der Waals surface area (Å²) < 4.78 is 14.1. The van der Waals surface area contributed by atoms with Gasteiger partial charge in [-0.2, -0.15) is 0 Å². The maximum absolute atomic E-state index is 14.1. The number of H-pyrrole nitrogens is 1. The second-order valence-electron chi connectivity index (χ2n) is 7.74. The van der Waals surface area contributed by atoms with Gasteiger partial charge in [0.2, 0.25) is 0 Å². The zero-order valence-electron chi connectivity index (χ0n) is 18.1. The van der Waals surface area contributed by atoms with Gasteiger partial charge in [-0.3, -0.25) is 9.59 Å². The first-order valence-electron chi connectivity index (χ1n) is 10.0. The molecule has 4 aromatic rings. The van der Waals surface area contributed by atoms with Gasteiger partial charge >= 0.3 is 0 Å². The van der Waals surface area contributed by atoms with Gasteiger partial charge in [-0.1, -0.05) is 23.8 Å². The molecule has 0 aliphatic heterocycles. The van der Waals surface area contributed by atoms with E-state index in [1.165, 1.54) is 23.3 Å². The lowest BCUT2D eigenvalue weighted by Gasteiger charge is -2.06. The lowest BCUT2D eigenvalue weighted by molar-refractivity contribution is 0.102. The third-order valence-corrected chi connectivity index (χ3v) is 7.49. The standard InChI is InChI=1S/C24H22FN3O2S2/c1-12-6-8-17(16(25)9-12)26-23(30)21-15(4)20-22(29)27-19(28-24(20)32-21)11-31-18-10-13(2)5-7-14(18)3/h5-10H,11H2,1-4H3,(H,26,30)(H,27,28,29). The van der Waals surface area contributed by atoms with E-state index < -0.39 is 11.7 Å². The molecule has 0 atom stereocenters. The topological polar surface area (TPSA) is 74.8 Å². The Morgan fingerprint density at radius 2 is 1.84 bits per heavy atom. The van der Waals surface area contributed by atoms with Crippen LogP contribution in [0.3, 0.4) is 0 Å². The van der Waals surface area contributed by atoms with E-state index in [1.807, 2.05) is 13.8 Å². The van der Waals surface area contributed by atoms with E-state index in [2.05, 4.69) is 33.5 Å². The number of fused-ring (bicyclic) bond motifs is 1. The Morgan fingerprint density at radius 1 is 1.12 bits per heavy atom. The van der Waals surface area contributed by atoms with Gasteiger partial charge < -0.3 is 10.3 Å². The van der Waals surface area contributed by atoms with Crippen molar-refractivity contribution in [2.75, 3.05) is 5.32 Å². The molecule has 5 nitrogen and oxygen atoms in total. The number of aryl methyl sites for hydroxylation is 4. The normalized spacial score (nSPS) is 11.2. The van der Waals surface area contributed by atoms with Crippen molar-refractivity contribution in [3.8, 4) is 0 Å². The van der Waals surface area contributed by atoms with Crippen LogP contribution < -0.4 is 10.9 Å². The first kappa shape index (κ1) is 22.2. The van der Waals surface area contributed by atoms with E-state index in [1.54, 1.807) is 31.7 Å². The summed E-state index contributed by atoms with van der Waals surface area (Å²) in [5.74, 6) is 0.0895. The molecule has 32 heavy (non-hydrogen) atoms. The Hall–Kier alpha value is -2.97. The number of nitrogens with zero attached hydrogens (tertiary/aromatic N) is 1. The molecule has 0 spiro atoms. The summed E-state index contributed by atoms with van der Waals surface area (Å²) in [6.07, 6.45) is 0. The van der Waals surface area contributed by atoms with E-state index in [0.29, 0.717) is 32.2 Å². The molecule has 164 valence electrons. The lowest BCUT2D eigenvalue weighted by Crippen LogP contribution is -2.14. The van der Waals surface area contributed by atoms with Crippen molar-refractivity contribution in [3.63, 3.8) is 0 Å². The number of amides is 1. The minimum absolute atomic E-state index is 0.102. The molecule has 0 fully saturated rings. The number of thioether (sulfide) groups is 1. The molecule has 0 aliphatic rings. The Balaban J connectivity index is 1.61. The van der Waals surface area contributed by atoms with Gasteiger partial charge in [0.1, 0.15) is 16.5 Å². The molecule has 2 N–H and O–H groups in total. The fourth-order valence-corrected chi connectivity index (χ4v) is 5.47. The van der Waals surface area contributed by atoms with Gasteiger partial charge in [-0.05, 0) is 62.6 Å². The molecule has 2 heterocycles. The molecular weight excluding hydrogens is 445 g/mol. The number of halogens is 1. The van der Waals surface area contributed by atoms with Gasteiger partial charge in [0.25, 0.3) is 11.5 Å². The zero-order valence-corrected chi connectivity index (χ0v) is 19.8. The lowest BCUT2D eigenvalue weighted by atomic mass is 10.2. The summed E-state index contributed by atoms with van der Waals surface area (Å²) in [5, 5.41) is 2.99. The van der Waals surface area contributed by atoms with E-state index >= 15 is 0 Å². The van der Waals surface area contributed by atoms with Crippen LogP contribution >= 0.6 is 23.1 Å². The number of hydrogen-bond donors (Lipinski definition) is 2. The molecule has 2 aromatic carbocycles. The summed E-state index contributed by atoms with van der Waals surface area (Å²) in [6.45, 7) is 7.57. The van der Waals surface area contributed by atoms with Crippen LogP contribution in [0.4, 0.5) is 10.1 Å². The molecule has 0 unspecified atom stereocenters. The first-order chi connectivity index (χ1) is 15.2. The SMILES string of the molecule is Cc1ccc(NC(=O)c2sc3nc(CSc4cc(C)ccc4C)[nH]c(=O)c3c2C)c(F)c1. The van der Waals surface area contributed by atoms with Crippen LogP contribution in [0.1, 0.15) is 37.7 Å². The Bertz CT molecular complexity index is 1410. The van der Waals surface area contributed by atoms with Gasteiger partial charge in [-0.15, -0.1) is 23.1 Å². The number of aromatic nitrogens is 2. The van der Waals surface area contributed by atoms with Gasteiger partial charge in [0.15, 0.2) is 0 Å². The van der Waals surface area contributed by atoms with Crippen LogP contribution in [0.15, 0.2) is 46.1 Å². The maximum atomic E-state index is 14.1. The van der Waals surface area contributed by atoms with Gasteiger partial charge in [0.05, 0.1) is 21.7 Å². The minimum atomic E-state index is -0.501. The van der Waals surface area contributed by atoms with Gasteiger partial charge in [-0.25, -0.2) is 9.37 Å². The number of thiophene rings is 1. The number of benzene rings is 2. The molecule has 1 amide bonds. The largest absolute Gasteiger partial charge is 0.319 e.